The standard InChI is InChI=1S/C19H26N6O3/c1-4-13(9-26)22-19-23-17(16-18(24-19)25(10-21-16)11(2)3)20-8-12-5-14(27)7-15(28)6-12/h5-7,10-11,13,26-28H,4,8-9H2,1-3H3,(H2,20,22,23,24)/t13-/m1/s1. The van der Waals surface area contributed by atoms with Crippen molar-refractivity contribution in [1.29, 1.82) is 0 Å². The molecule has 0 spiro atoms. The van der Waals surface area contributed by atoms with Gasteiger partial charge >= 0.3 is 0 Å². The molecule has 0 bridgehead atoms. The highest BCUT2D eigenvalue weighted by Gasteiger charge is 2.16. The lowest BCUT2D eigenvalue weighted by Gasteiger charge is -2.16. The van der Waals surface area contributed by atoms with E-state index in [-0.39, 0.29) is 30.2 Å². The Labute approximate surface area is 163 Å². The van der Waals surface area contributed by atoms with Crippen molar-refractivity contribution in [2.45, 2.75) is 45.8 Å². The molecule has 1 aromatic carbocycles. The Balaban J connectivity index is 1.96. The van der Waals surface area contributed by atoms with Crippen LogP contribution in [0.25, 0.3) is 11.2 Å². The number of fused-ring (bicyclic) bond motifs is 1. The summed E-state index contributed by atoms with van der Waals surface area (Å²) in [6, 6.07) is 4.43. The third-order valence-electron chi connectivity index (χ3n) is 4.45. The highest BCUT2D eigenvalue weighted by Crippen LogP contribution is 2.25. The smallest absolute Gasteiger partial charge is 0.227 e. The molecule has 3 rings (SSSR count). The fraction of sp³-hybridized carbons (Fsp3) is 0.421. The molecule has 2 aromatic heterocycles. The van der Waals surface area contributed by atoms with Gasteiger partial charge in [-0.3, -0.25) is 0 Å². The zero-order valence-electron chi connectivity index (χ0n) is 16.2. The zero-order valence-corrected chi connectivity index (χ0v) is 16.2. The molecule has 0 aliphatic carbocycles. The lowest BCUT2D eigenvalue weighted by molar-refractivity contribution is 0.271. The Bertz CT molecular complexity index is 932. The first-order valence-electron chi connectivity index (χ1n) is 9.29. The van der Waals surface area contributed by atoms with Gasteiger partial charge in [-0.05, 0) is 38.0 Å². The molecule has 0 aliphatic rings. The number of aliphatic hydroxyl groups is 1. The maximum atomic E-state index is 9.66. The molecular formula is C19H26N6O3. The summed E-state index contributed by atoms with van der Waals surface area (Å²) in [5.41, 5.74) is 2.01. The number of phenolic OH excluding ortho intramolecular Hbond substituents is 2. The van der Waals surface area contributed by atoms with Crippen LogP contribution in [0, 0.1) is 0 Å². The minimum absolute atomic E-state index is 0.00944. The van der Waals surface area contributed by atoms with E-state index in [1.165, 1.54) is 6.07 Å². The van der Waals surface area contributed by atoms with Crippen LogP contribution in [-0.2, 0) is 6.54 Å². The number of hydrogen-bond acceptors (Lipinski definition) is 8. The van der Waals surface area contributed by atoms with E-state index in [0.717, 1.165) is 6.42 Å². The first-order chi connectivity index (χ1) is 13.4. The summed E-state index contributed by atoms with van der Waals surface area (Å²) in [6.07, 6.45) is 2.45. The number of aromatic hydroxyl groups is 2. The molecule has 0 saturated carbocycles. The molecule has 1 atom stereocenters. The fourth-order valence-electron chi connectivity index (χ4n) is 2.89. The second-order valence-electron chi connectivity index (χ2n) is 6.96. The van der Waals surface area contributed by atoms with E-state index >= 15 is 0 Å². The summed E-state index contributed by atoms with van der Waals surface area (Å²) in [5.74, 6) is 0.911. The second kappa shape index (κ2) is 8.30. The number of rotatable bonds is 8. The maximum Gasteiger partial charge on any atom is 0.227 e. The minimum Gasteiger partial charge on any atom is -0.508 e. The molecule has 9 heteroatoms. The van der Waals surface area contributed by atoms with Crippen LogP contribution in [0.2, 0.25) is 0 Å². The van der Waals surface area contributed by atoms with Crippen molar-refractivity contribution in [2.24, 2.45) is 0 Å². The van der Waals surface area contributed by atoms with Gasteiger partial charge < -0.3 is 30.5 Å². The summed E-state index contributed by atoms with van der Waals surface area (Å²) in [6.45, 7) is 6.37. The van der Waals surface area contributed by atoms with Gasteiger partial charge in [0, 0.05) is 18.7 Å². The minimum atomic E-state index is -0.149. The highest BCUT2D eigenvalue weighted by molar-refractivity contribution is 5.84. The van der Waals surface area contributed by atoms with Crippen molar-refractivity contribution in [3.63, 3.8) is 0 Å². The van der Waals surface area contributed by atoms with Crippen LogP contribution in [0.5, 0.6) is 11.5 Å². The topological polar surface area (TPSA) is 128 Å². The summed E-state index contributed by atoms with van der Waals surface area (Å²) in [5, 5.41) is 35.2. The molecule has 0 unspecified atom stereocenters. The van der Waals surface area contributed by atoms with Gasteiger partial charge in [0.05, 0.1) is 19.0 Å². The predicted molar refractivity (Wildman–Crippen MR) is 108 cm³/mol. The van der Waals surface area contributed by atoms with E-state index in [9.17, 15) is 15.3 Å². The van der Waals surface area contributed by atoms with Gasteiger partial charge in [-0.2, -0.15) is 9.97 Å². The predicted octanol–water partition coefficient (Wildman–Crippen LogP) is 2.61. The third kappa shape index (κ3) is 4.25. The molecular weight excluding hydrogens is 360 g/mol. The van der Waals surface area contributed by atoms with Crippen molar-refractivity contribution >= 4 is 22.9 Å². The molecule has 5 N–H and O–H groups in total. The van der Waals surface area contributed by atoms with Crippen molar-refractivity contribution in [1.82, 2.24) is 19.5 Å². The summed E-state index contributed by atoms with van der Waals surface area (Å²) < 4.78 is 1.95. The number of benzene rings is 1. The quantitative estimate of drug-likeness (QED) is 0.400. The molecule has 28 heavy (non-hydrogen) atoms. The van der Waals surface area contributed by atoms with Crippen LogP contribution >= 0.6 is 0 Å². The van der Waals surface area contributed by atoms with Crippen LogP contribution in [-0.4, -0.2) is 47.5 Å². The van der Waals surface area contributed by atoms with Gasteiger partial charge in [-0.15, -0.1) is 0 Å². The highest BCUT2D eigenvalue weighted by atomic mass is 16.3. The maximum absolute atomic E-state index is 9.66. The van der Waals surface area contributed by atoms with Crippen LogP contribution in [0.4, 0.5) is 11.8 Å². The number of nitrogens with zero attached hydrogens (tertiary/aromatic N) is 4. The Hall–Kier alpha value is -3.07. The first kappa shape index (κ1) is 19.7. The number of aliphatic hydroxyl groups excluding tert-OH is 1. The normalized spacial score (nSPS) is 12.5. The van der Waals surface area contributed by atoms with E-state index in [1.807, 2.05) is 25.3 Å². The Kier molecular flexibility index (Phi) is 5.84. The SMILES string of the molecule is CC[C@H](CO)Nc1nc(NCc2cc(O)cc(O)c2)c2ncn(C(C)C)c2n1. The van der Waals surface area contributed by atoms with Crippen LogP contribution in [0.3, 0.4) is 0 Å². The number of phenols is 2. The third-order valence-corrected chi connectivity index (χ3v) is 4.45. The molecule has 2 heterocycles. The van der Waals surface area contributed by atoms with Crippen molar-refractivity contribution in [3.05, 3.63) is 30.1 Å². The van der Waals surface area contributed by atoms with Gasteiger partial charge in [0.1, 0.15) is 11.5 Å². The van der Waals surface area contributed by atoms with E-state index in [0.29, 0.717) is 35.0 Å². The van der Waals surface area contributed by atoms with Gasteiger partial charge in [-0.1, -0.05) is 6.92 Å². The number of hydrogen-bond donors (Lipinski definition) is 5. The van der Waals surface area contributed by atoms with Gasteiger partial charge in [-0.25, -0.2) is 4.98 Å². The van der Waals surface area contributed by atoms with E-state index < -0.39 is 0 Å². The van der Waals surface area contributed by atoms with Crippen molar-refractivity contribution in [3.8, 4) is 11.5 Å². The average Bonchev–Trinajstić information content (AvgIpc) is 3.07. The van der Waals surface area contributed by atoms with Crippen LogP contribution in [0.1, 0.15) is 38.8 Å². The fourth-order valence-corrected chi connectivity index (χ4v) is 2.89. The zero-order chi connectivity index (χ0) is 20.3. The number of anilines is 2. The van der Waals surface area contributed by atoms with E-state index in [4.69, 9.17) is 0 Å². The van der Waals surface area contributed by atoms with Gasteiger partial charge in [0.15, 0.2) is 17.0 Å². The summed E-state index contributed by atoms with van der Waals surface area (Å²) in [7, 11) is 0. The summed E-state index contributed by atoms with van der Waals surface area (Å²) >= 11 is 0. The number of nitrogens with one attached hydrogen (secondary N) is 2. The monoisotopic (exact) mass is 386 g/mol. The van der Waals surface area contributed by atoms with Crippen molar-refractivity contribution in [2.75, 3.05) is 17.2 Å². The van der Waals surface area contributed by atoms with Gasteiger partial charge in [0.25, 0.3) is 0 Å². The Morgan fingerprint density at radius 2 is 1.82 bits per heavy atom. The summed E-state index contributed by atoms with van der Waals surface area (Å²) in [4.78, 5) is 13.6. The van der Waals surface area contributed by atoms with Crippen molar-refractivity contribution < 1.29 is 15.3 Å². The molecule has 9 nitrogen and oxygen atoms in total. The molecule has 0 amide bonds. The van der Waals surface area contributed by atoms with E-state index in [2.05, 4.69) is 25.6 Å². The molecule has 150 valence electrons. The molecule has 0 radical (unpaired) electrons. The number of imidazole rings is 1. The molecule has 0 saturated heterocycles. The first-order valence-corrected chi connectivity index (χ1v) is 9.29. The Morgan fingerprint density at radius 1 is 1.11 bits per heavy atom. The van der Waals surface area contributed by atoms with Crippen LogP contribution in [0.15, 0.2) is 24.5 Å². The van der Waals surface area contributed by atoms with E-state index in [1.54, 1.807) is 18.5 Å². The lowest BCUT2D eigenvalue weighted by Crippen LogP contribution is -2.24. The second-order valence-corrected chi connectivity index (χ2v) is 6.96. The Morgan fingerprint density at radius 3 is 2.43 bits per heavy atom. The lowest BCUT2D eigenvalue weighted by atomic mass is 10.2. The molecule has 3 aromatic rings. The molecule has 0 aliphatic heterocycles. The number of aromatic nitrogens is 4. The largest absolute Gasteiger partial charge is 0.508 e. The average molecular weight is 386 g/mol. The van der Waals surface area contributed by atoms with Crippen LogP contribution < -0.4 is 10.6 Å². The molecule has 0 fully saturated rings. The van der Waals surface area contributed by atoms with Gasteiger partial charge in [0.2, 0.25) is 5.95 Å².